The molecule has 3 rings (SSSR count). The average Bonchev–Trinajstić information content (AvgIpc) is 2.96. The van der Waals surface area contributed by atoms with E-state index in [2.05, 4.69) is 30.9 Å². The van der Waals surface area contributed by atoms with Crippen LogP contribution in [0, 0.1) is 0 Å². The highest BCUT2D eigenvalue weighted by Gasteiger charge is 2.39. The Morgan fingerprint density at radius 2 is 1.62 bits per heavy atom. The lowest BCUT2D eigenvalue weighted by atomic mass is 10.0. The van der Waals surface area contributed by atoms with E-state index in [9.17, 15) is 15.3 Å². The van der Waals surface area contributed by atoms with Crippen LogP contribution in [0.3, 0.4) is 0 Å². The lowest BCUT2D eigenvalue weighted by Crippen LogP contribution is -2.54. The van der Waals surface area contributed by atoms with Crippen LogP contribution in [0.15, 0.2) is 54.6 Å². The van der Waals surface area contributed by atoms with Crippen molar-refractivity contribution in [2.24, 2.45) is 0 Å². The van der Waals surface area contributed by atoms with Crippen LogP contribution >= 0.6 is 0 Å². The second-order valence-corrected chi connectivity index (χ2v) is 10.6. The molecular weight excluding hydrogens is 494 g/mol. The number of benzene rings is 2. The standard InChI is InChI=1S/C32H49NO6/c1-3-5-7-12-20-33(21-22-37-27-18-16-25(17-19-27)13-9-6-4-2)23-28(34)30(36)31-29(35)24-38-32(39-31)26-14-10-8-11-15-26/h8,10-11,14-19,28-32,34-36H,3-7,9,12-13,20-24H2,1-2H3/t28-,29+,30+,31+,32?/m0/s1. The molecule has 0 amide bonds. The molecule has 1 unspecified atom stereocenters. The summed E-state index contributed by atoms with van der Waals surface area (Å²) in [6.07, 6.45) is 4.21. The minimum Gasteiger partial charge on any atom is -0.492 e. The molecule has 1 heterocycles. The zero-order chi connectivity index (χ0) is 27.9. The molecular formula is C32H49NO6. The Balaban J connectivity index is 1.52. The van der Waals surface area contributed by atoms with E-state index in [4.69, 9.17) is 14.2 Å². The summed E-state index contributed by atoms with van der Waals surface area (Å²) in [5, 5.41) is 32.5. The first-order valence-electron chi connectivity index (χ1n) is 14.8. The summed E-state index contributed by atoms with van der Waals surface area (Å²) < 4.78 is 17.6. The van der Waals surface area contributed by atoms with E-state index in [1.165, 1.54) is 31.2 Å². The second-order valence-electron chi connectivity index (χ2n) is 10.6. The monoisotopic (exact) mass is 543 g/mol. The van der Waals surface area contributed by atoms with Crippen molar-refractivity contribution in [3.05, 3.63) is 65.7 Å². The third-order valence-electron chi connectivity index (χ3n) is 7.32. The third-order valence-corrected chi connectivity index (χ3v) is 7.32. The molecule has 1 aliphatic rings. The number of hydrogen-bond acceptors (Lipinski definition) is 7. The Morgan fingerprint density at radius 3 is 2.33 bits per heavy atom. The first-order valence-corrected chi connectivity index (χ1v) is 14.8. The van der Waals surface area contributed by atoms with Crippen LogP contribution < -0.4 is 4.74 Å². The zero-order valence-corrected chi connectivity index (χ0v) is 23.8. The van der Waals surface area contributed by atoms with Crippen molar-refractivity contribution < 1.29 is 29.5 Å². The second kappa shape index (κ2) is 17.6. The molecule has 5 atom stereocenters. The van der Waals surface area contributed by atoms with Gasteiger partial charge in [0.15, 0.2) is 6.29 Å². The summed E-state index contributed by atoms with van der Waals surface area (Å²) in [6, 6.07) is 17.7. The lowest BCUT2D eigenvalue weighted by Gasteiger charge is -2.38. The molecule has 7 heteroatoms. The number of aryl methyl sites for hydroxylation is 1. The Morgan fingerprint density at radius 1 is 0.897 bits per heavy atom. The number of nitrogens with zero attached hydrogens (tertiary/aromatic N) is 1. The summed E-state index contributed by atoms with van der Waals surface area (Å²) in [4.78, 5) is 2.13. The molecule has 0 spiro atoms. The van der Waals surface area contributed by atoms with E-state index < -0.39 is 30.7 Å². The fraction of sp³-hybridized carbons (Fsp3) is 0.625. The van der Waals surface area contributed by atoms with E-state index in [-0.39, 0.29) is 13.2 Å². The molecule has 0 aliphatic carbocycles. The minimum absolute atomic E-state index is 0.0278. The molecule has 2 aromatic carbocycles. The first-order chi connectivity index (χ1) is 19.0. The number of unbranched alkanes of at least 4 members (excludes halogenated alkanes) is 5. The van der Waals surface area contributed by atoms with Crippen molar-refractivity contribution in [3.8, 4) is 5.75 Å². The Labute approximate surface area is 234 Å². The minimum atomic E-state index is -1.26. The number of hydrogen-bond donors (Lipinski definition) is 3. The predicted octanol–water partition coefficient (Wildman–Crippen LogP) is 4.88. The molecule has 3 N–H and O–H groups in total. The summed E-state index contributed by atoms with van der Waals surface area (Å²) >= 11 is 0. The van der Waals surface area contributed by atoms with Gasteiger partial charge < -0.3 is 29.5 Å². The van der Waals surface area contributed by atoms with Gasteiger partial charge in [0.1, 0.15) is 30.7 Å². The Bertz CT molecular complexity index is 895. The molecule has 0 bridgehead atoms. The van der Waals surface area contributed by atoms with Crippen LogP contribution in [0.2, 0.25) is 0 Å². The number of ether oxygens (including phenoxy) is 3. The lowest BCUT2D eigenvalue weighted by molar-refractivity contribution is -0.283. The van der Waals surface area contributed by atoms with Gasteiger partial charge in [-0.05, 0) is 43.5 Å². The fourth-order valence-electron chi connectivity index (χ4n) is 4.92. The molecule has 0 radical (unpaired) electrons. The maximum absolute atomic E-state index is 11.0. The van der Waals surface area contributed by atoms with E-state index in [0.717, 1.165) is 43.5 Å². The summed E-state index contributed by atoms with van der Waals surface area (Å²) in [7, 11) is 0. The van der Waals surface area contributed by atoms with E-state index in [1.807, 2.05) is 42.5 Å². The van der Waals surface area contributed by atoms with Crippen LogP contribution in [-0.2, 0) is 15.9 Å². The maximum atomic E-state index is 11.0. The molecule has 2 aromatic rings. The van der Waals surface area contributed by atoms with Gasteiger partial charge >= 0.3 is 0 Å². The van der Waals surface area contributed by atoms with Crippen LogP contribution in [0.25, 0.3) is 0 Å². The third kappa shape index (κ3) is 10.8. The average molecular weight is 544 g/mol. The molecule has 1 aliphatic heterocycles. The van der Waals surface area contributed by atoms with Crippen LogP contribution in [0.4, 0.5) is 0 Å². The fourth-order valence-corrected chi connectivity index (χ4v) is 4.92. The summed E-state index contributed by atoms with van der Waals surface area (Å²) in [6.45, 7) is 6.59. The number of aliphatic hydroxyl groups is 3. The maximum Gasteiger partial charge on any atom is 0.184 e. The van der Waals surface area contributed by atoms with Gasteiger partial charge in [-0.1, -0.05) is 88.4 Å². The molecule has 1 fully saturated rings. The van der Waals surface area contributed by atoms with Gasteiger partial charge in [0.2, 0.25) is 0 Å². The first kappa shape index (κ1) is 31.5. The van der Waals surface area contributed by atoms with Crippen LogP contribution in [-0.4, -0.2) is 77.5 Å². The molecule has 7 nitrogen and oxygen atoms in total. The molecule has 0 aromatic heterocycles. The highest BCUT2D eigenvalue weighted by Crippen LogP contribution is 2.28. The van der Waals surface area contributed by atoms with Crippen molar-refractivity contribution in [3.63, 3.8) is 0 Å². The highest BCUT2D eigenvalue weighted by molar-refractivity contribution is 5.27. The molecule has 0 saturated carbocycles. The quantitative estimate of drug-likeness (QED) is 0.231. The van der Waals surface area contributed by atoms with Crippen molar-refractivity contribution in [1.29, 1.82) is 0 Å². The van der Waals surface area contributed by atoms with E-state index in [1.54, 1.807) is 0 Å². The van der Waals surface area contributed by atoms with Crippen LogP contribution in [0.1, 0.15) is 76.2 Å². The SMILES string of the molecule is CCCCCCN(CCOc1ccc(CCCCC)cc1)C[C@H](O)[C@@H](O)[C@@H]1OC(c2ccccc2)OC[C@H]1O. The van der Waals surface area contributed by atoms with E-state index >= 15 is 0 Å². The Kier molecular flexibility index (Phi) is 14.3. The van der Waals surface area contributed by atoms with Gasteiger partial charge in [0, 0.05) is 18.7 Å². The highest BCUT2D eigenvalue weighted by atomic mass is 16.7. The topological polar surface area (TPSA) is 91.6 Å². The van der Waals surface area contributed by atoms with Crippen molar-refractivity contribution in [1.82, 2.24) is 4.90 Å². The predicted molar refractivity (Wildman–Crippen MR) is 154 cm³/mol. The van der Waals surface area contributed by atoms with Crippen LogP contribution in [0.5, 0.6) is 5.75 Å². The number of aliphatic hydroxyl groups excluding tert-OH is 3. The van der Waals surface area contributed by atoms with E-state index in [0.29, 0.717) is 13.2 Å². The Hall–Kier alpha value is -2.00. The smallest absolute Gasteiger partial charge is 0.184 e. The van der Waals surface area contributed by atoms with Gasteiger partial charge in [-0.2, -0.15) is 0 Å². The van der Waals surface area contributed by atoms with Gasteiger partial charge in [-0.25, -0.2) is 0 Å². The molecule has 39 heavy (non-hydrogen) atoms. The van der Waals surface area contributed by atoms with Gasteiger partial charge in [-0.3, -0.25) is 4.90 Å². The van der Waals surface area contributed by atoms with Gasteiger partial charge in [-0.15, -0.1) is 0 Å². The zero-order valence-electron chi connectivity index (χ0n) is 23.8. The summed E-state index contributed by atoms with van der Waals surface area (Å²) in [5.41, 5.74) is 2.14. The van der Waals surface area contributed by atoms with Crippen molar-refractivity contribution >= 4 is 0 Å². The van der Waals surface area contributed by atoms with Gasteiger partial charge in [0.25, 0.3) is 0 Å². The number of rotatable bonds is 18. The molecule has 218 valence electrons. The van der Waals surface area contributed by atoms with Gasteiger partial charge in [0.05, 0.1) is 12.7 Å². The molecule has 1 saturated heterocycles. The largest absolute Gasteiger partial charge is 0.492 e. The summed E-state index contributed by atoms with van der Waals surface area (Å²) in [5.74, 6) is 0.839. The van der Waals surface area contributed by atoms with Crippen molar-refractivity contribution in [2.45, 2.75) is 95.9 Å². The normalized spacial score (nSPS) is 21.1. The van der Waals surface area contributed by atoms with Crippen molar-refractivity contribution in [2.75, 3.05) is 32.8 Å².